The van der Waals surface area contributed by atoms with Crippen LogP contribution < -0.4 is 16.1 Å². The molecule has 1 unspecified atom stereocenters. The molecule has 120 valence electrons. The summed E-state index contributed by atoms with van der Waals surface area (Å²) in [6.07, 6.45) is 2.83. The Labute approximate surface area is 136 Å². The van der Waals surface area contributed by atoms with Crippen LogP contribution in [0.1, 0.15) is 31.4 Å². The summed E-state index contributed by atoms with van der Waals surface area (Å²) >= 11 is 0. The fourth-order valence-electron chi connectivity index (χ4n) is 2.42. The van der Waals surface area contributed by atoms with Crippen molar-refractivity contribution in [3.63, 3.8) is 0 Å². The number of rotatable bonds is 5. The zero-order valence-electron chi connectivity index (χ0n) is 13.6. The number of benzene rings is 1. The Morgan fingerprint density at radius 3 is 3.04 bits per heavy atom. The Balaban J connectivity index is 1.79. The number of nitrogens with one attached hydrogen (secondary N) is 2. The fraction of sp³-hybridized carbons (Fsp3) is 0.375. The van der Waals surface area contributed by atoms with Gasteiger partial charge in [0.1, 0.15) is 5.82 Å². The van der Waals surface area contributed by atoms with Crippen molar-refractivity contribution in [2.24, 2.45) is 0 Å². The molecule has 3 N–H and O–H groups in total. The van der Waals surface area contributed by atoms with Gasteiger partial charge in [0.2, 0.25) is 5.95 Å². The summed E-state index contributed by atoms with van der Waals surface area (Å²) in [5.74, 6) is 1.39. The van der Waals surface area contributed by atoms with Crippen molar-refractivity contribution < 1.29 is 9.68 Å². The smallest absolute Gasteiger partial charge is 0.423 e. The molecule has 6 nitrogen and oxygen atoms in total. The number of fused-ring (bicyclic) bond motifs is 1. The van der Waals surface area contributed by atoms with Gasteiger partial charge >= 0.3 is 7.12 Å². The van der Waals surface area contributed by atoms with Crippen molar-refractivity contribution in [2.75, 3.05) is 10.6 Å². The maximum absolute atomic E-state index is 9.66. The van der Waals surface area contributed by atoms with Gasteiger partial charge in [0, 0.05) is 23.5 Å². The summed E-state index contributed by atoms with van der Waals surface area (Å²) in [5, 5.41) is 16.3. The van der Waals surface area contributed by atoms with Crippen LogP contribution in [0.3, 0.4) is 0 Å². The van der Waals surface area contributed by atoms with E-state index in [4.69, 9.17) is 4.65 Å². The topological polar surface area (TPSA) is 79.3 Å². The van der Waals surface area contributed by atoms with Crippen LogP contribution in [-0.4, -0.2) is 28.2 Å². The summed E-state index contributed by atoms with van der Waals surface area (Å²) in [7, 11) is -0.819. The van der Waals surface area contributed by atoms with Crippen molar-refractivity contribution in [1.29, 1.82) is 0 Å². The van der Waals surface area contributed by atoms with Gasteiger partial charge in [-0.2, -0.15) is 4.98 Å². The van der Waals surface area contributed by atoms with E-state index in [0.29, 0.717) is 18.6 Å². The normalized spacial score (nSPS) is 14.5. The Bertz CT molecular complexity index is 710. The first-order chi connectivity index (χ1) is 11.1. The molecule has 7 heteroatoms. The summed E-state index contributed by atoms with van der Waals surface area (Å²) in [5.41, 5.74) is 3.69. The average molecular weight is 312 g/mol. The van der Waals surface area contributed by atoms with Gasteiger partial charge in [-0.05, 0) is 43.4 Å². The number of hydrogen-bond donors (Lipinski definition) is 3. The monoisotopic (exact) mass is 312 g/mol. The van der Waals surface area contributed by atoms with Crippen LogP contribution >= 0.6 is 0 Å². The van der Waals surface area contributed by atoms with Crippen LogP contribution in [0.2, 0.25) is 0 Å². The first-order valence-electron chi connectivity index (χ1n) is 7.86. The second-order valence-electron chi connectivity index (χ2n) is 5.88. The molecular formula is C16H21BN4O2. The minimum Gasteiger partial charge on any atom is -0.423 e. The number of anilines is 3. The van der Waals surface area contributed by atoms with E-state index < -0.39 is 7.12 Å². The highest BCUT2D eigenvalue weighted by Crippen LogP contribution is 2.20. The zero-order valence-corrected chi connectivity index (χ0v) is 13.6. The molecule has 0 fully saturated rings. The van der Waals surface area contributed by atoms with Crippen LogP contribution in [0, 0.1) is 6.92 Å². The maximum Gasteiger partial charge on any atom is 0.491 e. The largest absolute Gasteiger partial charge is 0.491 e. The average Bonchev–Trinajstić information content (AvgIpc) is 2.91. The van der Waals surface area contributed by atoms with Gasteiger partial charge in [-0.25, -0.2) is 4.98 Å². The maximum atomic E-state index is 9.66. The second kappa shape index (κ2) is 6.56. The lowest BCUT2D eigenvalue weighted by Gasteiger charge is -2.15. The number of nitrogens with zero attached hydrogens (tertiary/aromatic N) is 2. The number of hydrogen-bond acceptors (Lipinski definition) is 6. The van der Waals surface area contributed by atoms with Gasteiger partial charge < -0.3 is 20.3 Å². The molecular weight excluding hydrogens is 291 g/mol. The van der Waals surface area contributed by atoms with Gasteiger partial charge in [0.15, 0.2) is 0 Å². The lowest BCUT2D eigenvalue weighted by molar-refractivity contribution is 0.275. The molecule has 2 heterocycles. The molecule has 0 spiro atoms. The molecule has 1 atom stereocenters. The quantitative estimate of drug-likeness (QED) is 0.733. The minimum absolute atomic E-state index is 0.357. The second-order valence-corrected chi connectivity index (χ2v) is 5.88. The first kappa shape index (κ1) is 15.8. The van der Waals surface area contributed by atoms with E-state index in [1.54, 1.807) is 6.20 Å². The third kappa shape index (κ3) is 3.46. The molecule has 1 aromatic heterocycles. The SMILES string of the molecule is CCC(C)Nc1nc(Nc2ccc3c(c2)COB3O)ncc1C. The highest BCUT2D eigenvalue weighted by Gasteiger charge is 2.27. The van der Waals surface area contributed by atoms with E-state index in [-0.39, 0.29) is 0 Å². The predicted molar refractivity (Wildman–Crippen MR) is 92.3 cm³/mol. The molecule has 1 aromatic carbocycles. The minimum atomic E-state index is -0.819. The van der Waals surface area contributed by atoms with Crippen molar-refractivity contribution in [3.05, 3.63) is 35.5 Å². The van der Waals surface area contributed by atoms with Crippen LogP contribution in [0.25, 0.3) is 0 Å². The molecule has 0 bridgehead atoms. The van der Waals surface area contributed by atoms with Crippen LogP contribution in [0.4, 0.5) is 17.5 Å². The van der Waals surface area contributed by atoms with Crippen molar-refractivity contribution in [1.82, 2.24) is 9.97 Å². The predicted octanol–water partition coefficient (Wildman–Crippen LogP) is 1.96. The van der Waals surface area contributed by atoms with Crippen LogP contribution in [0.15, 0.2) is 24.4 Å². The molecule has 0 aliphatic carbocycles. The zero-order chi connectivity index (χ0) is 16.4. The van der Waals surface area contributed by atoms with E-state index in [1.165, 1.54) is 0 Å². The molecule has 0 amide bonds. The van der Waals surface area contributed by atoms with E-state index in [9.17, 15) is 5.02 Å². The van der Waals surface area contributed by atoms with Crippen LogP contribution in [-0.2, 0) is 11.3 Å². The van der Waals surface area contributed by atoms with Gasteiger partial charge in [-0.1, -0.05) is 13.0 Å². The van der Waals surface area contributed by atoms with Crippen LogP contribution in [0.5, 0.6) is 0 Å². The highest BCUT2D eigenvalue weighted by molar-refractivity contribution is 6.61. The van der Waals surface area contributed by atoms with E-state index in [0.717, 1.165) is 34.5 Å². The van der Waals surface area contributed by atoms with E-state index in [1.807, 2.05) is 25.1 Å². The fourth-order valence-corrected chi connectivity index (χ4v) is 2.42. The van der Waals surface area contributed by atoms with Crippen molar-refractivity contribution in [3.8, 4) is 0 Å². The molecule has 1 aliphatic rings. The molecule has 0 saturated carbocycles. The van der Waals surface area contributed by atoms with E-state index >= 15 is 0 Å². The lowest BCUT2D eigenvalue weighted by Crippen LogP contribution is -2.27. The Kier molecular flexibility index (Phi) is 4.50. The van der Waals surface area contributed by atoms with Gasteiger partial charge in [-0.3, -0.25) is 0 Å². The molecule has 0 saturated heterocycles. The third-order valence-electron chi connectivity index (χ3n) is 4.03. The molecule has 23 heavy (non-hydrogen) atoms. The highest BCUT2D eigenvalue weighted by atomic mass is 16.5. The standard InChI is InChI=1S/C16H21BN4O2/c1-4-11(3)19-15-10(2)8-18-16(21-15)20-13-5-6-14-12(7-13)9-23-17(14)22/h5-8,11,22H,4,9H2,1-3H3,(H2,18,19,20,21). The third-order valence-corrected chi connectivity index (χ3v) is 4.03. The van der Waals surface area contributed by atoms with Gasteiger partial charge in [-0.15, -0.1) is 0 Å². The lowest BCUT2D eigenvalue weighted by atomic mass is 9.79. The molecule has 0 radical (unpaired) electrons. The summed E-state index contributed by atoms with van der Waals surface area (Å²) in [4.78, 5) is 8.88. The Hall–Kier alpha value is -2.12. The van der Waals surface area contributed by atoms with Crippen molar-refractivity contribution >= 4 is 30.0 Å². The van der Waals surface area contributed by atoms with Gasteiger partial charge in [0.25, 0.3) is 0 Å². The molecule has 1 aliphatic heterocycles. The summed E-state index contributed by atoms with van der Waals surface area (Å²) in [6.45, 7) is 6.67. The Morgan fingerprint density at radius 1 is 1.43 bits per heavy atom. The van der Waals surface area contributed by atoms with E-state index in [2.05, 4.69) is 34.4 Å². The van der Waals surface area contributed by atoms with Crippen molar-refractivity contribution in [2.45, 2.75) is 39.8 Å². The molecule has 2 aromatic rings. The summed E-state index contributed by atoms with van der Waals surface area (Å²) in [6, 6.07) is 6.06. The first-order valence-corrected chi connectivity index (χ1v) is 7.86. The number of aryl methyl sites for hydroxylation is 1. The molecule has 3 rings (SSSR count). The summed E-state index contributed by atoms with van der Waals surface area (Å²) < 4.78 is 5.21. The Morgan fingerprint density at radius 2 is 2.26 bits per heavy atom. The van der Waals surface area contributed by atoms with Gasteiger partial charge in [0.05, 0.1) is 6.61 Å². The number of aromatic nitrogens is 2.